The number of carboxylic acid groups (broad SMARTS) is 1. The van der Waals surface area contributed by atoms with E-state index in [4.69, 9.17) is 38.3 Å². The summed E-state index contributed by atoms with van der Waals surface area (Å²) in [6.45, 7) is 27.4. The van der Waals surface area contributed by atoms with E-state index in [1.54, 1.807) is 87.8 Å². The van der Waals surface area contributed by atoms with E-state index in [-0.39, 0.29) is 36.9 Å². The quantitative estimate of drug-likeness (QED) is 0.0675. The van der Waals surface area contributed by atoms with Crippen molar-refractivity contribution in [2.75, 3.05) is 13.2 Å². The average Bonchev–Trinajstić information content (AvgIpc) is 3.61. The summed E-state index contributed by atoms with van der Waals surface area (Å²) >= 11 is 0. The van der Waals surface area contributed by atoms with Gasteiger partial charge in [-0.2, -0.15) is 0 Å². The maximum Gasteiger partial charge on any atom is 0.333 e. The number of aliphatic carboxylic acids is 1. The molecule has 1 aromatic heterocycles. The van der Waals surface area contributed by atoms with E-state index in [1.807, 2.05) is 42.5 Å². The Bertz CT molecular complexity index is 2480. The van der Waals surface area contributed by atoms with Gasteiger partial charge in [0.25, 0.3) is 0 Å². The molecule has 1 aliphatic rings. The van der Waals surface area contributed by atoms with E-state index >= 15 is 0 Å². The van der Waals surface area contributed by atoms with Crippen LogP contribution in [-0.4, -0.2) is 106 Å². The fourth-order valence-corrected chi connectivity index (χ4v) is 6.84. The Morgan fingerprint density at radius 3 is 1.71 bits per heavy atom. The lowest BCUT2D eigenvalue weighted by molar-refractivity contribution is -0.293. The van der Waals surface area contributed by atoms with Crippen molar-refractivity contribution < 1.29 is 71.8 Å². The van der Waals surface area contributed by atoms with E-state index < -0.39 is 100 Å². The summed E-state index contributed by atoms with van der Waals surface area (Å²) < 4.78 is 44.7. The normalized spacial score (nSPS) is 18.6. The first-order valence-electron chi connectivity index (χ1n) is 24.2. The van der Waals surface area contributed by atoms with Crippen LogP contribution in [0.1, 0.15) is 127 Å². The SMILES string of the molecule is C=C(C)C(=O)OC[C@H]1O[C@@H](Oc2nn(CCOC(=O)C(C)(C)C)c3cccc(CCc4ccc(CCC(=O)NC(C)(C)C(=O)O)cc4)c23)[C@H](OC(=O)C(C)(C)C)[C@@H](OC(=O)C(C)(C)C)[C@@H]1OC(=O)C(C)(C)C. The van der Waals surface area contributed by atoms with Gasteiger partial charge in [-0.3, -0.25) is 28.7 Å². The van der Waals surface area contributed by atoms with E-state index in [0.29, 0.717) is 30.2 Å². The molecule has 1 saturated heterocycles. The van der Waals surface area contributed by atoms with Crippen molar-refractivity contribution >= 4 is 52.6 Å². The van der Waals surface area contributed by atoms with Crippen LogP contribution < -0.4 is 10.1 Å². The van der Waals surface area contributed by atoms with Crippen molar-refractivity contribution in [1.82, 2.24) is 15.1 Å². The van der Waals surface area contributed by atoms with Crippen LogP contribution in [0.2, 0.25) is 0 Å². The highest BCUT2D eigenvalue weighted by Crippen LogP contribution is 2.37. The number of hydrogen-bond acceptors (Lipinski definition) is 15. The fraction of sp³-hybridized carbons (Fsp3) is 0.593. The molecular weight excluding hydrogens is 931 g/mol. The lowest BCUT2D eigenvalue weighted by atomic mass is 9.93. The van der Waals surface area contributed by atoms with E-state index in [9.17, 15) is 38.7 Å². The molecule has 5 atom stereocenters. The number of nitrogens with one attached hydrogen (secondary N) is 1. The molecule has 0 radical (unpaired) electrons. The Morgan fingerprint density at radius 2 is 1.19 bits per heavy atom. The first-order valence-corrected chi connectivity index (χ1v) is 24.2. The largest absolute Gasteiger partial charge is 0.480 e. The van der Waals surface area contributed by atoms with Gasteiger partial charge in [-0.1, -0.05) is 43.0 Å². The minimum absolute atomic E-state index is 0.00738. The second kappa shape index (κ2) is 23.1. The molecule has 2 N–H and O–H groups in total. The molecule has 2 heterocycles. The van der Waals surface area contributed by atoms with E-state index in [2.05, 4.69) is 11.9 Å². The Hall–Kier alpha value is -6.30. The highest BCUT2D eigenvalue weighted by molar-refractivity contribution is 5.89. The minimum atomic E-state index is -1.64. The van der Waals surface area contributed by atoms with Crippen molar-refractivity contribution in [3.05, 3.63) is 71.3 Å². The number of aromatic nitrogens is 2. The number of nitrogens with zero attached hydrogens (tertiary/aromatic N) is 2. The standard InChI is InChI=1S/C54H75N3O15/c1-31(2)43(59)67-30-36-39(69-47(63)51(6,7)8)40(70-48(64)52(9,10)11)41(71-49(65)53(12,13)14)44(68-36)72-42-38-34(18-17-19-35(38)57(56-42)28-29-66-46(62)50(3,4)5)26-24-32-20-22-33(23-21-32)25-27-37(58)55-54(15,16)45(60)61/h17-23,36,39-41,44H,1,24-30H2,2-16H3,(H,55,58)(H,60,61)/t36-,39-,40+,41-,44+/m1/s1. The number of fused-ring (bicyclic) bond motifs is 1. The number of amides is 1. The van der Waals surface area contributed by atoms with Crippen LogP contribution in [0.3, 0.4) is 0 Å². The Kier molecular flexibility index (Phi) is 18.7. The highest BCUT2D eigenvalue weighted by atomic mass is 16.7. The molecule has 1 aliphatic heterocycles. The summed E-state index contributed by atoms with van der Waals surface area (Å²) in [6.07, 6.45) is -6.22. The molecule has 0 aliphatic carbocycles. The zero-order valence-corrected chi connectivity index (χ0v) is 44.6. The highest BCUT2D eigenvalue weighted by Gasteiger charge is 2.56. The average molecular weight is 1010 g/mol. The lowest BCUT2D eigenvalue weighted by Crippen LogP contribution is -2.64. The van der Waals surface area contributed by atoms with Gasteiger partial charge in [-0.05, 0) is 146 Å². The predicted molar refractivity (Wildman–Crippen MR) is 265 cm³/mol. The summed E-state index contributed by atoms with van der Waals surface area (Å²) in [5, 5.41) is 17.3. The Labute approximate surface area is 422 Å². The van der Waals surface area contributed by atoms with Gasteiger partial charge in [0.15, 0.2) is 12.2 Å². The van der Waals surface area contributed by atoms with E-state index in [1.165, 1.54) is 20.8 Å². The molecule has 396 valence electrons. The fourth-order valence-electron chi connectivity index (χ4n) is 6.84. The summed E-state index contributed by atoms with van der Waals surface area (Å²) in [5.74, 6) is -4.88. The van der Waals surface area contributed by atoms with Gasteiger partial charge < -0.3 is 43.6 Å². The van der Waals surface area contributed by atoms with E-state index in [0.717, 1.165) is 16.7 Å². The number of aryl methyl sites for hydroxylation is 3. The van der Waals surface area contributed by atoms with Crippen LogP contribution in [0.5, 0.6) is 5.88 Å². The van der Waals surface area contributed by atoms with Crippen LogP contribution >= 0.6 is 0 Å². The van der Waals surface area contributed by atoms with Crippen LogP contribution in [0, 0.1) is 21.7 Å². The summed E-state index contributed by atoms with van der Waals surface area (Å²) in [5.41, 5.74) is -2.15. The van der Waals surface area contributed by atoms with Crippen LogP contribution in [0.15, 0.2) is 54.6 Å². The zero-order chi connectivity index (χ0) is 54.3. The van der Waals surface area contributed by atoms with Gasteiger partial charge >= 0.3 is 35.8 Å². The topological polar surface area (TPSA) is 234 Å². The van der Waals surface area contributed by atoms with Crippen LogP contribution in [0.4, 0.5) is 0 Å². The number of carbonyl (C=O) groups is 7. The number of esters is 5. The number of rotatable bonds is 19. The Morgan fingerprint density at radius 1 is 0.681 bits per heavy atom. The maximum absolute atomic E-state index is 14.0. The molecule has 0 spiro atoms. The van der Waals surface area contributed by atoms with Crippen molar-refractivity contribution in [2.24, 2.45) is 21.7 Å². The van der Waals surface area contributed by atoms with Crippen molar-refractivity contribution in [1.29, 1.82) is 0 Å². The molecular formula is C54H75N3O15. The molecule has 3 aromatic rings. The Balaban J connectivity index is 1.84. The first kappa shape index (κ1) is 58.3. The predicted octanol–water partition coefficient (Wildman–Crippen LogP) is 7.42. The molecule has 4 rings (SSSR count). The number of ether oxygens (including phenoxy) is 7. The number of hydrogen-bond donors (Lipinski definition) is 2. The second-order valence-electron chi connectivity index (χ2n) is 22.9. The molecule has 2 aromatic carbocycles. The third-order valence-corrected chi connectivity index (χ3v) is 11.4. The zero-order valence-electron chi connectivity index (χ0n) is 44.6. The molecule has 72 heavy (non-hydrogen) atoms. The number of carbonyl (C=O) groups excluding carboxylic acids is 6. The summed E-state index contributed by atoms with van der Waals surface area (Å²) in [4.78, 5) is 91.3. The summed E-state index contributed by atoms with van der Waals surface area (Å²) in [7, 11) is 0. The van der Waals surface area contributed by atoms with Crippen molar-refractivity contribution in [3.8, 4) is 5.88 Å². The van der Waals surface area contributed by atoms with Crippen molar-refractivity contribution in [2.45, 2.75) is 172 Å². The van der Waals surface area contributed by atoms with Crippen molar-refractivity contribution in [3.63, 3.8) is 0 Å². The second-order valence-corrected chi connectivity index (χ2v) is 22.9. The summed E-state index contributed by atoms with van der Waals surface area (Å²) in [6, 6.07) is 13.3. The minimum Gasteiger partial charge on any atom is -0.480 e. The molecule has 18 heteroatoms. The van der Waals surface area contributed by atoms with Gasteiger partial charge in [0.2, 0.25) is 24.2 Å². The van der Waals surface area contributed by atoms with Gasteiger partial charge in [0.1, 0.15) is 24.9 Å². The van der Waals surface area contributed by atoms with Gasteiger partial charge in [0.05, 0.1) is 39.1 Å². The molecule has 0 saturated carbocycles. The molecule has 1 amide bonds. The smallest absolute Gasteiger partial charge is 0.333 e. The molecule has 0 bridgehead atoms. The third-order valence-electron chi connectivity index (χ3n) is 11.4. The van der Waals surface area contributed by atoms with Crippen LogP contribution in [-0.2, 0) is 87.8 Å². The molecule has 0 unspecified atom stereocenters. The van der Waals surface area contributed by atoms with Gasteiger partial charge in [0, 0.05) is 12.0 Å². The number of benzene rings is 2. The maximum atomic E-state index is 14.0. The molecule has 1 fully saturated rings. The van der Waals surface area contributed by atoms with Gasteiger partial charge in [-0.15, -0.1) is 5.10 Å². The van der Waals surface area contributed by atoms with Crippen LogP contribution in [0.25, 0.3) is 10.9 Å². The molecule has 18 nitrogen and oxygen atoms in total. The lowest BCUT2D eigenvalue weighted by Gasteiger charge is -2.45. The number of carboxylic acids is 1. The monoisotopic (exact) mass is 1010 g/mol. The first-order chi connectivity index (χ1) is 33.1. The third kappa shape index (κ3) is 15.8. The van der Waals surface area contributed by atoms with Gasteiger partial charge in [-0.25, -0.2) is 9.59 Å².